The van der Waals surface area contributed by atoms with Crippen LogP contribution in [-0.2, 0) is 6.42 Å². The average Bonchev–Trinajstić information content (AvgIpc) is 2.92. The van der Waals surface area contributed by atoms with E-state index in [9.17, 15) is 4.79 Å². The van der Waals surface area contributed by atoms with Crippen molar-refractivity contribution in [1.82, 2.24) is 0 Å². The second kappa shape index (κ2) is 7.09. The van der Waals surface area contributed by atoms with E-state index in [0.29, 0.717) is 6.42 Å². The molecule has 24 heavy (non-hydrogen) atoms. The number of hydrazone groups is 1. The van der Waals surface area contributed by atoms with Gasteiger partial charge in [0.2, 0.25) is 0 Å². The maximum Gasteiger partial charge on any atom is 0.189 e. The zero-order chi connectivity index (χ0) is 16.9. The number of anilines is 1. The van der Waals surface area contributed by atoms with Crippen molar-refractivity contribution >= 4 is 17.7 Å². The van der Waals surface area contributed by atoms with Crippen LogP contribution < -0.4 is 5.01 Å². The number of allylic oxidation sites excluding steroid dienone is 4. The van der Waals surface area contributed by atoms with Crippen molar-refractivity contribution in [3.05, 3.63) is 89.0 Å². The molecule has 3 rings (SSSR count). The fourth-order valence-corrected chi connectivity index (χ4v) is 2.76. The molecule has 0 unspecified atom stereocenters. The maximum atomic E-state index is 12.4. The minimum atomic E-state index is 0.136. The normalized spacial score (nSPS) is 16.0. The Balaban J connectivity index is 1.69. The Hall–Kier alpha value is -2.94. The summed E-state index contributed by atoms with van der Waals surface area (Å²) in [6.07, 6.45) is 6.34. The quantitative estimate of drug-likeness (QED) is 0.475. The van der Waals surface area contributed by atoms with Gasteiger partial charge < -0.3 is 0 Å². The van der Waals surface area contributed by atoms with Crippen LogP contribution >= 0.6 is 0 Å². The highest BCUT2D eigenvalue weighted by Gasteiger charge is 2.23. The van der Waals surface area contributed by atoms with Crippen LogP contribution in [0.25, 0.3) is 0 Å². The summed E-state index contributed by atoms with van der Waals surface area (Å²) in [5, 5.41) is 6.20. The van der Waals surface area contributed by atoms with Crippen LogP contribution in [0.15, 0.2) is 83.0 Å². The summed E-state index contributed by atoms with van der Waals surface area (Å²) < 4.78 is 0. The van der Waals surface area contributed by atoms with Gasteiger partial charge >= 0.3 is 0 Å². The first-order valence-electron chi connectivity index (χ1n) is 7.98. The number of carbonyl (C=O) groups excluding carboxylic acids is 1. The first-order chi connectivity index (χ1) is 11.6. The molecular weight excluding hydrogens is 296 g/mol. The van der Waals surface area contributed by atoms with Gasteiger partial charge in [-0.2, -0.15) is 5.10 Å². The lowest BCUT2D eigenvalue weighted by Gasteiger charge is -2.11. The van der Waals surface area contributed by atoms with Crippen molar-refractivity contribution in [2.24, 2.45) is 5.10 Å². The standard InChI is InChI=1S/C21H20N2O/c1-16(12-13-22-23(2)19-9-4-3-5-10-19)14-18-15-17-8-6-7-11-20(17)21(18)24/h3-14H,15H2,1-2H3/b16-12+,18-14-,22-13+. The number of carbonyl (C=O) groups is 1. The molecule has 0 N–H and O–H groups in total. The van der Waals surface area contributed by atoms with Gasteiger partial charge in [0.25, 0.3) is 0 Å². The number of nitrogens with zero attached hydrogens (tertiary/aromatic N) is 2. The number of Topliss-reactive ketones (excluding diaryl/α,β-unsaturated/α-hetero) is 1. The number of ketones is 1. The number of hydrogen-bond donors (Lipinski definition) is 0. The highest BCUT2D eigenvalue weighted by molar-refractivity contribution is 6.13. The Kier molecular flexibility index (Phi) is 4.71. The van der Waals surface area contributed by atoms with Gasteiger partial charge in [-0.1, -0.05) is 48.5 Å². The number of rotatable bonds is 4. The Morgan fingerprint density at radius 2 is 1.79 bits per heavy atom. The first-order valence-corrected chi connectivity index (χ1v) is 7.98. The van der Waals surface area contributed by atoms with E-state index in [1.165, 1.54) is 0 Å². The number of para-hydroxylation sites is 1. The van der Waals surface area contributed by atoms with Gasteiger partial charge in [-0.3, -0.25) is 9.80 Å². The Morgan fingerprint density at radius 1 is 1.08 bits per heavy atom. The summed E-state index contributed by atoms with van der Waals surface area (Å²) in [6, 6.07) is 17.8. The smallest absolute Gasteiger partial charge is 0.189 e. The molecule has 0 saturated carbocycles. The molecule has 0 heterocycles. The second-order valence-electron chi connectivity index (χ2n) is 5.87. The summed E-state index contributed by atoms with van der Waals surface area (Å²) in [6.45, 7) is 1.98. The predicted octanol–water partition coefficient (Wildman–Crippen LogP) is 4.42. The number of benzene rings is 2. The van der Waals surface area contributed by atoms with Crippen molar-refractivity contribution < 1.29 is 4.79 Å². The van der Waals surface area contributed by atoms with E-state index in [-0.39, 0.29) is 5.78 Å². The van der Waals surface area contributed by atoms with Crippen molar-refractivity contribution in [2.75, 3.05) is 12.1 Å². The summed E-state index contributed by atoms with van der Waals surface area (Å²) in [7, 11) is 1.91. The first kappa shape index (κ1) is 15.9. The van der Waals surface area contributed by atoms with E-state index in [2.05, 4.69) is 5.10 Å². The third-order valence-corrected chi connectivity index (χ3v) is 4.04. The lowest BCUT2D eigenvalue weighted by atomic mass is 10.1. The van der Waals surface area contributed by atoms with Gasteiger partial charge in [-0.15, -0.1) is 0 Å². The zero-order valence-electron chi connectivity index (χ0n) is 13.9. The molecule has 1 aliphatic carbocycles. The SMILES string of the molecule is CC(/C=C1/Cc2ccccc2C1=O)=C\C=N\N(C)c1ccccc1. The van der Waals surface area contributed by atoms with E-state index in [0.717, 1.165) is 28.0 Å². The largest absolute Gasteiger partial charge is 0.289 e. The second-order valence-corrected chi connectivity index (χ2v) is 5.87. The van der Waals surface area contributed by atoms with Gasteiger partial charge in [0.05, 0.1) is 5.69 Å². The van der Waals surface area contributed by atoms with Crippen LogP contribution in [0.1, 0.15) is 22.8 Å². The van der Waals surface area contributed by atoms with E-state index >= 15 is 0 Å². The zero-order valence-corrected chi connectivity index (χ0v) is 13.9. The van der Waals surface area contributed by atoms with E-state index in [1.807, 2.05) is 85.7 Å². The molecule has 0 saturated heterocycles. The fourth-order valence-electron chi connectivity index (χ4n) is 2.76. The Morgan fingerprint density at radius 3 is 2.54 bits per heavy atom. The molecule has 120 valence electrons. The highest BCUT2D eigenvalue weighted by atomic mass is 16.1. The minimum Gasteiger partial charge on any atom is -0.289 e. The van der Waals surface area contributed by atoms with Gasteiger partial charge in [-0.25, -0.2) is 0 Å². The van der Waals surface area contributed by atoms with Crippen LogP contribution in [0.5, 0.6) is 0 Å². The molecule has 0 radical (unpaired) electrons. The van der Waals surface area contributed by atoms with Crippen molar-refractivity contribution in [2.45, 2.75) is 13.3 Å². The minimum absolute atomic E-state index is 0.136. The molecule has 0 spiro atoms. The van der Waals surface area contributed by atoms with Crippen LogP contribution in [0.4, 0.5) is 5.69 Å². The molecular formula is C21H20N2O. The molecule has 2 aromatic rings. The lowest BCUT2D eigenvalue weighted by molar-refractivity contribution is 0.103. The van der Waals surface area contributed by atoms with Gasteiger partial charge in [0.1, 0.15) is 0 Å². The molecule has 0 aromatic heterocycles. The van der Waals surface area contributed by atoms with E-state index in [4.69, 9.17) is 0 Å². The lowest BCUT2D eigenvalue weighted by Crippen LogP contribution is -2.07. The summed E-state index contributed by atoms with van der Waals surface area (Å²) in [4.78, 5) is 12.4. The van der Waals surface area contributed by atoms with Gasteiger partial charge in [0, 0.05) is 30.8 Å². The fraction of sp³-hybridized carbons (Fsp3) is 0.143. The maximum absolute atomic E-state index is 12.4. The third kappa shape index (κ3) is 3.51. The van der Waals surface area contributed by atoms with E-state index < -0.39 is 0 Å². The van der Waals surface area contributed by atoms with Crippen molar-refractivity contribution in [3.63, 3.8) is 0 Å². The topological polar surface area (TPSA) is 32.7 Å². The van der Waals surface area contributed by atoms with Crippen LogP contribution in [0.3, 0.4) is 0 Å². The van der Waals surface area contributed by atoms with Crippen LogP contribution in [0.2, 0.25) is 0 Å². The monoisotopic (exact) mass is 316 g/mol. The average molecular weight is 316 g/mol. The summed E-state index contributed by atoms with van der Waals surface area (Å²) >= 11 is 0. The van der Waals surface area contributed by atoms with Crippen LogP contribution in [-0.4, -0.2) is 19.0 Å². The Bertz CT molecular complexity index is 832. The molecule has 0 amide bonds. The Labute approximate surface area is 142 Å². The molecule has 3 nitrogen and oxygen atoms in total. The van der Waals surface area contributed by atoms with Crippen molar-refractivity contribution in [1.29, 1.82) is 0 Å². The molecule has 0 fully saturated rings. The van der Waals surface area contributed by atoms with Gasteiger partial charge in [-0.05, 0) is 36.3 Å². The van der Waals surface area contributed by atoms with Crippen LogP contribution in [0, 0.1) is 0 Å². The van der Waals surface area contributed by atoms with E-state index in [1.54, 1.807) is 6.21 Å². The molecule has 0 bridgehead atoms. The molecule has 2 aromatic carbocycles. The third-order valence-electron chi connectivity index (χ3n) is 4.04. The molecule has 1 aliphatic rings. The molecule has 3 heteroatoms. The predicted molar refractivity (Wildman–Crippen MR) is 99.7 cm³/mol. The number of hydrogen-bond acceptors (Lipinski definition) is 3. The molecule has 0 aliphatic heterocycles. The summed E-state index contributed by atoms with van der Waals surface area (Å²) in [5.41, 5.74) is 4.82. The van der Waals surface area contributed by atoms with Gasteiger partial charge in [0.15, 0.2) is 5.78 Å². The highest BCUT2D eigenvalue weighted by Crippen LogP contribution is 2.26. The van der Waals surface area contributed by atoms with Crippen molar-refractivity contribution in [3.8, 4) is 0 Å². The summed E-state index contributed by atoms with van der Waals surface area (Å²) in [5.74, 6) is 0.136. The molecule has 0 atom stereocenters. The number of fused-ring (bicyclic) bond motifs is 1.